The minimum atomic E-state index is -3.70. The monoisotopic (exact) mass is 283 g/mol. The van der Waals surface area contributed by atoms with E-state index in [4.69, 9.17) is 11.6 Å². The highest BCUT2D eigenvalue weighted by molar-refractivity contribution is 7.92. The molecule has 94 valence electrons. The summed E-state index contributed by atoms with van der Waals surface area (Å²) in [6, 6.07) is 11.8. The smallest absolute Gasteiger partial charge is 0.261 e. The molecule has 18 heavy (non-hydrogen) atoms. The Bertz CT molecular complexity index is 671. The van der Waals surface area contributed by atoms with Crippen molar-refractivity contribution in [2.45, 2.75) is 4.90 Å². The van der Waals surface area contributed by atoms with Crippen LogP contribution in [0.15, 0.2) is 53.4 Å². The molecule has 0 bridgehead atoms. The minimum Gasteiger partial charge on any atom is -0.508 e. The number of aromatic hydroxyl groups is 1. The molecule has 0 heterocycles. The van der Waals surface area contributed by atoms with E-state index in [1.165, 1.54) is 24.3 Å². The van der Waals surface area contributed by atoms with Gasteiger partial charge >= 0.3 is 0 Å². The van der Waals surface area contributed by atoms with Gasteiger partial charge in [-0.3, -0.25) is 4.72 Å². The van der Waals surface area contributed by atoms with Crippen LogP contribution in [0.2, 0.25) is 5.02 Å². The van der Waals surface area contributed by atoms with Gasteiger partial charge < -0.3 is 5.11 Å². The lowest BCUT2D eigenvalue weighted by Gasteiger charge is -2.08. The fourth-order valence-electron chi connectivity index (χ4n) is 1.42. The Balaban J connectivity index is 2.33. The number of halogens is 1. The van der Waals surface area contributed by atoms with Crippen molar-refractivity contribution in [3.05, 3.63) is 53.6 Å². The normalized spacial score (nSPS) is 11.2. The van der Waals surface area contributed by atoms with Crippen molar-refractivity contribution in [1.82, 2.24) is 0 Å². The van der Waals surface area contributed by atoms with E-state index in [1.807, 2.05) is 0 Å². The molecule has 0 aliphatic carbocycles. The molecule has 6 heteroatoms. The molecule has 0 spiro atoms. The van der Waals surface area contributed by atoms with Gasteiger partial charge in [0.25, 0.3) is 10.0 Å². The third kappa shape index (κ3) is 2.94. The number of phenolic OH excluding ortho intramolecular Hbond substituents is 1. The first kappa shape index (κ1) is 12.7. The van der Waals surface area contributed by atoms with Gasteiger partial charge in [0.15, 0.2) is 0 Å². The van der Waals surface area contributed by atoms with Gasteiger partial charge in [-0.05, 0) is 30.3 Å². The Morgan fingerprint density at radius 1 is 1.06 bits per heavy atom. The quantitative estimate of drug-likeness (QED) is 0.910. The molecule has 4 nitrogen and oxygen atoms in total. The van der Waals surface area contributed by atoms with Gasteiger partial charge in [0.2, 0.25) is 0 Å². The van der Waals surface area contributed by atoms with Crippen LogP contribution in [0, 0.1) is 0 Å². The highest BCUT2D eigenvalue weighted by atomic mass is 35.5. The van der Waals surface area contributed by atoms with Gasteiger partial charge in [0.1, 0.15) is 5.75 Å². The zero-order valence-electron chi connectivity index (χ0n) is 9.17. The molecule has 2 rings (SSSR count). The van der Waals surface area contributed by atoms with Crippen molar-refractivity contribution >= 4 is 27.3 Å². The molecule has 0 unspecified atom stereocenters. The summed E-state index contributed by atoms with van der Waals surface area (Å²) in [6.45, 7) is 0. The fraction of sp³-hybridized carbons (Fsp3) is 0. The molecule has 0 aliphatic heterocycles. The van der Waals surface area contributed by atoms with Crippen LogP contribution in [0.4, 0.5) is 5.69 Å². The molecule has 2 aromatic carbocycles. The van der Waals surface area contributed by atoms with Crippen LogP contribution in [-0.2, 0) is 10.0 Å². The lowest BCUT2D eigenvalue weighted by atomic mass is 10.3. The van der Waals surface area contributed by atoms with E-state index in [1.54, 1.807) is 24.3 Å². The van der Waals surface area contributed by atoms with E-state index < -0.39 is 10.0 Å². The van der Waals surface area contributed by atoms with E-state index >= 15 is 0 Å². The van der Waals surface area contributed by atoms with Gasteiger partial charge in [-0.1, -0.05) is 23.7 Å². The van der Waals surface area contributed by atoms with Crippen LogP contribution in [0.1, 0.15) is 0 Å². The molecule has 0 radical (unpaired) electrons. The van der Waals surface area contributed by atoms with E-state index in [-0.39, 0.29) is 16.3 Å². The van der Waals surface area contributed by atoms with Crippen LogP contribution < -0.4 is 4.72 Å². The second-order valence-electron chi connectivity index (χ2n) is 3.61. The second kappa shape index (κ2) is 4.88. The van der Waals surface area contributed by atoms with Crippen molar-refractivity contribution in [2.24, 2.45) is 0 Å². The molecule has 2 N–H and O–H groups in total. The number of sulfonamides is 1. The van der Waals surface area contributed by atoms with Crippen molar-refractivity contribution in [3.63, 3.8) is 0 Å². The van der Waals surface area contributed by atoms with E-state index in [2.05, 4.69) is 4.72 Å². The lowest BCUT2D eigenvalue weighted by molar-refractivity contribution is 0.475. The van der Waals surface area contributed by atoms with Crippen LogP contribution in [0.25, 0.3) is 0 Å². The highest BCUT2D eigenvalue weighted by Gasteiger charge is 2.14. The average Bonchev–Trinajstić information content (AvgIpc) is 2.28. The number of rotatable bonds is 3. The maximum absolute atomic E-state index is 12.0. The molecule has 2 aromatic rings. The number of phenols is 1. The Labute approximate surface area is 110 Å². The van der Waals surface area contributed by atoms with Crippen molar-refractivity contribution in [3.8, 4) is 5.75 Å². The van der Waals surface area contributed by atoms with Gasteiger partial charge in [0.05, 0.1) is 10.6 Å². The largest absolute Gasteiger partial charge is 0.508 e. The number of benzene rings is 2. The van der Waals surface area contributed by atoms with Gasteiger partial charge in [-0.2, -0.15) is 0 Å². The van der Waals surface area contributed by atoms with Crippen LogP contribution in [-0.4, -0.2) is 13.5 Å². The van der Waals surface area contributed by atoms with Crippen molar-refractivity contribution < 1.29 is 13.5 Å². The molecule has 0 saturated carbocycles. The Kier molecular flexibility index (Phi) is 3.45. The summed E-state index contributed by atoms with van der Waals surface area (Å²) in [7, 11) is -3.70. The fourth-order valence-corrected chi connectivity index (χ4v) is 2.77. The topological polar surface area (TPSA) is 66.4 Å². The summed E-state index contributed by atoms with van der Waals surface area (Å²) in [5.74, 6) is -0.0127. The van der Waals surface area contributed by atoms with Crippen molar-refractivity contribution in [1.29, 1.82) is 0 Å². The summed E-state index contributed by atoms with van der Waals surface area (Å²) < 4.78 is 26.4. The predicted molar refractivity (Wildman–Crippen MR) is 70.4 cm³/mol. The van der Waals surface area contributed by atoms with Crippen LogP contribution in [0.5, 0.6) is 5.75 Å². The maximum atomic E-state index is 12.0. The average molecular weight is 284 g/mol. The Morgan fingerprint density at radius 3 is 2.44 bits per heavy atom. The van der Waals surface area contributed by atoms with Gasteiger partial charge in [-0.25, -0.2) is 8.42 Å². The highest BCUT2D eigenvalue weighted by Crippen LogP contribution is 2.21. The van der Waals surface area contributed by atoms with Crippen molar-refractivity contribution in [2.75, 3.05) is 4.72 Å². The molecule has 0 aromatic heterocycles. The summed E-state index contributed by atoms with van der Waals surface area (Å²) in [5.41, 5.74) is 0.287. The maximum Gasteiger partial charge on any atom is 0.261 e. The van der Waals surface area contributed by atoms with E-state index in [0.29, 0.717) is 5.02 Å². The molecular formula is C12H10ClNO3S. The summed E-state index contributed by atoms with van der Waals surface area (Å²) >= 11 is 5.75. The first-order valence-corrected chi connectivity index (χ1v) is 6.91. The Morgan fingerprint density at radius 2 is 1.78 bits per heavy atom. The SMILES string of the molecule is O=S(=O)(Nc1cccc(O)c1)c1cccc(Cl)c1. The van der Waals surface area contributed by atoms with E-state index in [0.717, 1.165) is 0 Å². The van der Waals surface area contributed by atoms with Crippen LogP contribution in [0.3, 0.4) is 0 Å². The summed E-state index contributed by atoms with van der Waals surface area (Å²) in [6.07, 6.45) is 0. The first-order valence-electron chi connectivity index (χ1n) is 5.05. The number of hydrogen-bond acceptors (Lipinski definition) is 3. The predicted octanol–water partition coefficient (Wildman–Crippen LogP) is 2.85. The molecule has 0 saturated heterocycles. The summed E-state index contributed by atoms with van der Waals surface area (Å²) in [5, 5.41) is 9.61. The molecule has 0 atom stereocenters. The Hall–Kier alpha value is -1.72. The van der Waals surface area contributed by atoms with Crippen LogP contribution >= 0.6 is 11.6 Å². The third-order valence-electron chi connectivity index (χ3n) is 2.20. The standard InChI is InChI=1S/C12H10ClNO3S/c13-9-3-1-6-12(7-9)18(16,17)14-10-4-2-5-11(15)8-10/h1-8,14-15H. The number of hydrogen-bond donors (Lipinski definition) is 2. The summed E-state index contributed by atoms with van der Waals surface area (Å²) in [4.78, 5) is 0.0679. The zero-order valence-corrected chi connectivity index (χ0v) is 10.7. The molecule has 0 fully saturated rings. The number of anilines is 1. The first-order chi connectivity index (χ1) is 8.47. The zero-order chi connectivity index (χ0) is 13.2. The third-order valence-corrected chi connectivity index (χ3v) is 3.82. The molecule has 0 amide bonds. The van der Waals surface area contributed by atoms with Gasteiger partial charge in [-0.15, -0.1) is 0 Å². The minimum absolute atomic E-state index is 0.0127. The van der Waals surface area contributed by atoms with E-state index in [9.17, 15) is 13.5 Å². The molecule has 0 aliphatic rings. The van der Waals surface area contributed by atoms with Gasteiger partial charge in [0, 0.05) is 11.1 Å². The molecular weight excluding hydrogens is 274 g/mol. The second-order valence-corrected chi connectivity index (χ2v) is 5.73. The lowest BCUT2D eigenvalue weighted by Crippen LogP contribution is -2.12. The number of nitrogens with one attached hydrogen (secondary N) is 1.